The molecule has 0 fully saturated rings. The molecule has 3 nitrogen and oxygen atoms in total. The van der Waals surface area contributed by atoms with Crippen LogP contribution in [-0.4, -0.2) is 33.5 Å². The lowest BCUT2D eigenvalue weighted by Gasteiger charge is -2.23. The molecule has 4 heteroatoms. The highest BCUT2D eigenvalue weighted by Gasteiger charge is 2.22. The molecule has 0 amide bonds. The monoisotopic (exact) mass is 274 g/mol. The lowest BCUT2D eigenvalue weighted by molar-refractivity contribution is -0.123. The molecule has 0 radical (unpaired) electrons. The van der Waals surface area contributed by atoms with Crippen molar-refractivity contribution in [3.63, 3.8) is 0 Å². The second kappa shape index (κ2) is 11.7. The standard InChI is InChI=1S/C8H16OSi.C6H14O2/c1-5-8(6-7-9)10(2,3)4;1-4-7-6(3)8-5-2/h6,8H,5H2,1-4H3;6H,4-5H2,1-3H3. The van der Waals surface area contributed by atoms with Gasteiger partial charge in [-0.1, -0.05) is 33.0 Å². The first kappa shape index (κ1) is 19.9. The molecule has 0 aliphatic carbocycles. The van der Waals surface area contributed by atoms with E-state index in [1.165, 1.54) is 0 Å². The topological polar surface area (TPSA) is 35.5 Å². The van der Waals surface area contributed by atoms with E-state index in [2.05, 4.69) is 26.6 Å². The summed E-state index contributed by atoms with van der Waals surface area (Å²) in [7, 11) is -1.13. The third-order valence-corrected chi connectivity index (χ3v) is 5.42. The number of hydrogen-bond donors (Lipinski definition) is 0. The molecular formula is C14H30O3Si. The van der Waals surface area contributed by atoms with Gasteiger partial charge in [0.25, 0.3) is 0 Å². The Hall–Kier alpha value is -0.413. The molecule has 18 heavy (non-hydrogen) atoms. The maximum atomic E-state index is 10.1. The van der Waals surface area contributed by atoms with Crippen LogP contribution in [0.2, 0.25) is 25.2 Å². The van der Waals surface area contributed by atoms with Gasteiger partial charge in [-0.3, -0.25) is 0 Å². The number of hydrogen-bond acceptors (Lipinski definition) is 3. The van der Waals surface area contributed by atoms with Gasteiger partial charge in [-0.05, 0) is 26.3 Å². The highest BCUT2D eigenvalue weighted by Crippen LogP contribution is 2.25. The number of rotatable bonds is 7. The second-order valence-electron chi connectivity index (χ2n) is 5.14. The Morgan fingerprint density at radius 3 is 1.72 bits per heavy atom. The summed E-state index contributed by atoms with van der Waals surface area (Å²) in [4.78, 5) is 10.1. The summed E-state index contributed by atoms with van der Waals surface area (Å²) >= 11 is 0. The second-order valence-corrected chi connectivity index (χ2v) is 10.6. The Labute approximate surface area is 114 Å². The van der Waals surface area contributed by atoms with Crippen molar-refractivity contribution >= 4 is 14.0 Å². The Balaban J connectivity index is 0. The Morgan fingerprint density at radius 1 is 1.11 bits per heavy atom. The van der Waals surface area contributed by atoms with Gasteiger partial charge in [0.1, 0.15) is 5.94 Å². The molecular weight excluding hydrogens is 244 g/mol. The molecule has 0 saturated heterocycles. The van der Waals surface area contributed by atoms with Crippen LogP contribution in [0.4, 0.5) is 0 Å². The van der Waals surface area contributed by atoms with Gasteiger partial charge < -0.3 is 9.47 Å². The SMILES string of the molecule is CCC(C=C=O)[Si](C)(C)C.CCOC(C)OCC. The fourth-order valence-corrected chi connectivity index (χ4v) is 3.37. The van der Waals surface area contributed by atoms with E-state index < -0.39 is 8.07 Å². The first-order valence-electron chi connectivity index (χ1n) is 6.77. The van der Waals surface area contributed by atoms with Gasteiger partial charge in [0, 0.05) is 19.3 Å². The molecule has 1 atom stereocenters. The molecule has 0 N–H and O–H groups in total. The summed E-state index contributed by atoms with van der Waals surface area (Å²) in [6.45, 7) is 16.2. The van der Waals surface area contributed by atoms with Crippen LogP contribution in [0.5, 0.6) is 0 Å². The zero-order valence-corrected chi connectivity index (χ0v) is 14.1. The zero-order chi connectivity index (χ0) is 14.6. The van der Waals surface area contributed by atoms with Crippen LogP contribution in [0, 0.1) is 0 Å². The molecule has 0 aromatic carbocycles. The van der Waals surface area contributed by atoms with Gasteiger partial charge in [-0.15, -0.1) is 0 Å². The van der Waals surface area contributed by atoms with E-state index in [1.54, 1.807) is 6.08 Å². The minimum absolute atomic E-state index is 0.0370. The largest absolute Gasteiger partial charge is 0.353 e. The molecule has 0 aliphatic heterocycles. The fourth-order valence-electron chi connectivity index (χ4n) is 1.58. The van der Waals surface area contributed by atoms with Crippen LogP contribution in [0.1, 0.15) is 34.1 Å². The maximum absolute atomic E-state index is 10.1. The predicted octanol–water partition coefficient (Wildman–Crippen LogP) is 3.90. The predicted molar refractivity (Wildman–Crippen MR) is 80.4 cm³/mol. The molecule has 0 aromatic rings. The molecule has 0 bridgehead atoms. The lowest BCUT2D eigenvalue weighted by atomic mass is 10.3. The zero-order valence-electron chi connectivity index (χ0n) is 13.1. The third-order valence-electron chi connectivity index (χ3n) is 2.62. The van der Waals surface area contributed by atoms with Crippen molar-refractivity contribution in [2.45, 2.75) is 65.6 Å². The highest BCUT2D eigenvalue weighted by atomic mass is 28.3. The highest BCUT2D eigenvalue weighted by molar-refractivity contribution is 6.78. The Bertz CT molecular complexity index is 224. The Kier molecular flexibility index (Phi) is 12.9. The summed E-state index contributed by atoms with van der Waals surface area (Å²) in [6, 6.07) is 0. The van der Waals surface area contributed by atoms with Crippen molar-refractivity contribution in [3.05, 3.63) is 6.08 Å². The quantitative estimate of drug-likeness (QED) is 0.401. The van der Waals surface area contributed by atoms with Crippen LogP contribution in [0.15, 0.2) is 6.08 Å². The van der Waals surface area contributed by atoms with Crippen LogP contribution in [0.25, 0.3) is 0 Å². The summed E-state index contributed by atoms with van der Waals surface area (Å²) < 4.78 is 10.1. The summed E-state index contributed by atoms with van der Waals surface area (Å²) in [5.74, 6) is 1.88. The van der Waals surface area contributed by atoms with Crippen LogP contribution in [0.3, 0.4) is 0 Å². The smallest absolute Gasteiger partial charge is 0.154 e. The summed E-state index contributed by atoms with van der Waals surface area (Å²) in [6.07, 6.45) is 2.72. The van der Waals surface area contributed by atoms with Gasteiger partial charge in [-0.25, -0.2) is 4.79 Å². The van der Waals surface area contributed by atoms with Crippen molar-refractivity contribution in [3.8, 4) is 0 Å². The van der Waals surface area contributed by atoms with E-state index in [1.807, 2.05) is 26.7 Å². The average Bonchev–Trinajstić information content (AvgIpc) is 2.26. The molecule has 108 valence electrons. The van der Waals surface area contributed by atoms with Crippen molar-refractivity contribution in [2.75, 3.05) is 13.2 Å². The van der Waals surface area contributed by atoms with E-state index >= 15 is 0 Å². The molecule has 0 aromatic heterocycles. The normalized spacial score (nSPS) is 12.4. The molecule has 0 rings (SSSR count). The Morgan fingerprint density at radius 2 is 1.56 bits per heavy atom. The van der Waals surface area contributed by atoms with Gasteiger partial charge in [-0.2, -0.15) is 0 Å². The molecule has 0 aliphatic rings. The molecule has 0 saturated carbocycles. The van der Waals surface area contributed by atoms with Gasteiger partial charge in [0.2, 0.25) is 0 Å². The first-order valence-corrected chi connectivity index (χ1v) is 10.3. The van der Waals surface area contributed by atoms with Crippen molar-refractivity contribution < 1.29 is 14.3 Å². The van der Waals surface area contributed by atoms with Crippen molar-refractivity contribution in [2.24, 2.45) is 0 Å². The summed E-state index contributed by atoms with van der Waals surface area (Å²) in [5.41, 5.74) is 0.505. The van der Waals surface area contributed by atoms with Gasteiger partial charge in [0.15, 0.2) is 6.29 Å². The van der Waals surface area contributed by atoms with Crippen molar-refractivity contribution in [1.82, 2.24) is 0 Å². The number of ether oxygens (including phenoxy) is 2. The van der Waals surface area contributed by atoms with Crippen LogP contribution in [-0.2, 0) is 14.3 Å². The van der Waals surface area contributed by atoms with E-state index in [9.17, 15) is 4.79 Å². The molecule has 0 spiro atoms. The van der Waals surface area contributed by atoms with E-state index in [-0.39, 0.29) is 6.29 Å². The lowest BCUT2D eigenvalue weighted by Crippen LogP contribution is -2.26. The summed E-state index contributed by atoms with van der Waals surface area (Å²) in [5, 5.41) is 0. The minimum Gasteiger partial charge on any atom is -0.353 e. The number of allylic oxidation sites excluding steroid dienone is 1. The fraction of sp³-hybridized carbons (Fsp3) is 0.857. The average molecular weight is 274 g/mol. The molecule has 0 heterocycles. The van der Waals surface area contributed by atoms with E-state index in [4.69, 9.17) is 9.47 Å². The molecule has 1 unspecified atom stereocenters. The first-order chi connectivity index (χ1) is 8.33. The van der Waals surface area contributed by atoms with Crippen LogP contribution >= 0.6 is 0 Å². The number of carbonyl (C=O) groups excluding carboxylic acids is 1. The van der Waals surface area contributed by atoms with Gasteiger partial charge >= 0.3 is 0 Å². The van der Waals surface area contributed by atoms with Gasteiger partial charge in [0.05, 0.1) is 8.07 Å². The minimum atomic E-state index is -1.13. The van der Waals surface area contributed by atoms with Crippen LogP contribution < -0.4 is 0 Å². The van der Waals surface area contributed by atoms with E-state index in [0.717, 1.165) is 19.6 Å². The maximum Gasteiger partial charge on any atom is 0.154 e. The third kappa shape index (κ3) is 12.1. The van der Waals surface area contributed by atoms with E-state index in [0.29, 0.717) is 5.54 Å². The van der Waals surface area contributed by atoms with Crippen molar-refractivity contribution in [1.29, 1.82) is 0 Å².